The van der Waals surface area contributed by atoms with Gasteiger partial charge in [0.15, 0.2) is 0 Å². The second-order valence-corrected chi connectivity index (χ2v) is 3.48. The molecule has 2 aromatic rings. The average molecular weight is 219 g/mol. The van der Waals surface area contributed by atoms with Gasteiger partial charge in [-0.05, 0) is 19.1 Å². The van der Waals surface area contributed by atoms with E-state index in [1.54, 1.807) is 14.0 Å². The normalized spacial score (nSPS) is 12.4. The molecule has 1 atom stereocenters. The maximum Gasteiger partial charge on any atom is 0.243 e. The first-order valence-electron chi connectivity index (χ1n) is 4.94. The molecule has 84 valence electrons. The summed E-state index contributed by atoms with van der Waals surface area (Å²) in [4.78, 5) is 4.20. The van der Waals surface area contributed by atoms with E-state index in [2.05, 4.69) is 10.1 Å². The van der Waals surface area contributed by atoms with Crippen molar-refractivity contribution in [3.63, 3.8) is 0 Å². The van der Waals surface area contributed by atoms with Crippen LogP contribution >= 0.6 is 0 Å². The van der Waals surface area contributed by atoms with Crippen molar-refractivity contribution in [3.8, 4) is 17.1 Å². The molecule has 2 N–H and O–H groups in total. The van der Waals surface area contributed by atoms with Gasteiger partial charge in [-0.25, -0.2) is 0 Å². The number of hydrogen-bond donors (Lipinski definition) is 1. The number of methoxy groups -OCH3 is 1. The minimum Gasteiger partial charge on any atom is -0.497 e. The van der Waals surface area contributed by atoms with Gasteiger partial charge in [0.25, 0.3) is 0 Å². The summed E-state index contributed by atoms with van der Waals surface area (Å²) in [5.74, 6) is 1.70. The van der Waals surface area contributed by atoms with Crippen LogP contribution in [0, 0.1) is 0 Å². The molecule has 0 spiro atoms. The molecule has 1 aromatic heterocycles. The van der Waals surface area contributed by atoms with Crippen LogP contribution < -0.4 is 10.5 Å². The lowest BCUT2D eigenvalue weighted by molar-refractivity contribution is 0.362. The predicted octanol–water partition coefficient (Wildman–Crippen LogP) is 1.76. The first-order valence-corrected chi connectivity index (χ1v) is 4.94. The number of hydrogen-bond acceptors (Lipinski definition) is 5. The van der Waals surface area contributed by atoms with Crippen LogP contribution in [0.3, 0.4) is 0 Å². The Bertz CT molecular complexity index is 480. The van der Waals surface area contributed by atoms with Crippen molar-refractivity contribution in [2.75, 3.05) is 7.11 Å². The zero-order chi connectivity index (χ0) is 11.5. The molecule has 0 aliphatic carbocycles. The van der Waals surface area contributed by atoms with Crippen molar-refractivity contribution in [1.82, 2.24) is 10.1 Å². The number of aromatic nitrogens is 2. The molecular weight excluding hydrogens is 206 g/mol. The second-order valence-electron chi connectivity index (χ2n) is 3.48. The largest absolute Gasteiger partial charge is 0.497 e. The molecule has 0 bridgehead atoms. The average Bonchev–Trinajstić information content (AvgIpc) is 2.78. The molecule has 0 aliphatic rings. The number of nitrogens with two attached hydrogens (primary N) is 1. The monoisotopic (exact) mass is 219 g/mol. The Hall–Kier alpha value is -1.88. The van der Waals surface area contributed by atoms with Crippen LogP contribution in [-0.4, -0.2) is 17.3 Å². The van der Waals surface area contributed by atoms with Crippen LogP contribution in [-0.2, 0) is 0 Å². The Morgan fingerprint density at radius 1 is 1.44 bits per heavy atom. The topological polar surface area (TPSA) is 74.2 Å². The molecule has 0 fully saturated rings. The standard InChI is InChI=1S/C11H13N3O2/c1-7(12)11-13-10(14-16-11)8-4-3-5-9(6-8)15-2/h3-7H,12H2,1-2H3/t7-/m1/s1. The van der Waals surface area contributed by atoms with Crippen molar-refractivity contribution in [1.29, 1.82) is 0 Å². The van der Waals surface area contributed by atoms with Gasteiger partial charge in [-0.2, -0.15) is 4.98 Å². The molecule has 1 heterocycles. The van der Waals surface area contributed by atoms with Gasteiger partial charge in [0, 0.05) is 5.56 Å². The van der Waals surface area contributed by atoms with Crippen molar-refractivity contribution < 1.29 is 9.26 Å². The van der Waals surface area contributed by atoms with Gasteiger partial charge in [0.05, 0.1) is 13.2 Å². The van der Waals surface area contributed by atoms with Gasteiger partial charge in [-0.1, -0.05) is 17.3 Å². The molecule has 0 unspecified atom stereocenters. The lowest BCUT2D eigenvalue weighted by atomic mass is 10.2. The molecular formula is C11H13N3O2. The third kappa shape index (κ3) is 2.04. The Morgan fingerprint density at radius 3 is 2.88 bits per heavy atom. The maximum atomic E-state index is 5.64. The van der Waals surface area contributed by atoms with Gasteiger partial charge >= 0.3 is 0 Å². The zero-order valence-corrected chi connectivity index (χ0v) is 9.18. The second kappa shape index (κ2) is 4.32. The Labute approximate surface area is 93.2 Å². The van der Waals surface area contributed by atoms with E-state index in [-0.39, 0.29) is 6.04 Å². The van der Waals surface area contributed by atoms with Gasteiger partial charge in [-0.15, -0.1) is 0 Å². The summed E-state index contributed by atoms with van der Waals surface area (Å²) < 4.78 is 10.1. The van der Waals surface area contributed by atoms with E-state index in [4.69, 9.17) is 15.0 Å². The van der Waals surface area contributed by atoms with Crippen LogP contribution in [0.5, 0.6) is 5.75 Å². The Kier molecular flexibility index (Phi) is 2.87. The van der Waals surface area contributed by atoms with E-state index in [1.165, 1.54) is 0 Å². The fraction of sp³-hybridized carbons (Fsp3) is 0.273. The molecule has 0 amide bonds. The van der Waals surface area contributed by atoms with Crippen LogP contribution in [0.25, 0.3) is 11.4 Å². The fourth-order valence-electron chi connectivity index (χ4n) is 1.30. The maximum absolute atomic E-state index is 5.64. The molecule has 16 heavy (non-hydrogen) atoms. The van der Waals surface area contributed by atoms with E-state index in [0.717, 1.165) is 11.3 Å². The summed E-state index contributed by atoms with van der Waals surface area (Å²) in [6, 6.07) is 7.20. The summed E-state index contributed by atoms with van der Waals surface area (Å²) in [6.45, 7) is 1.79. The molecule has 0 saturated heterocycles. The van der Waals surface area contributed by atoms with Gasteiger partial charge in [0.1, 0.15) is 5.75 Å². The molecule has 1 aromatic carbocycles. The molecule has 5 nitrogen and oxygen atoms in total. The van der Waals surface area contributed by atoms with Crippen LogP contribution in [0.15, 0.2) is 28.8 Å². The Balaban J connectivity index is 2.34. The smallest absolute Gasteiger partial charge is 0.243 e. The zero-order valence-electron chi connectivity index (χ0n) is 9.18. The quantitative estimate of drug-likeness (QED) is 0.851. The first-order chi connectivity index (χ1) is 7.70. The summed E-state index contributed by atoms with van der Waals surface area (Å²) in [5.41, 5.74) is 6.48. The highest BCUT2D eigenvalue weighted by molar-refractivity contribution is 5.56. The highest BCUT2D eigenvalue weighted by atomic mass is 16.5. The molecule has 2 rings (SSSR count). The number of benzene rings is 1. The van der Waals surface area contributed by atoms with E-state index in [1.807, 2.05) is 24.3 Å². The van der Waals surface area contributed by atoms with E-state index in [9.17, 15) is 0 Å². The summed E-state index contributed by atoms with van der Waals surface area (Å²) in [7, 11) is 1.61. The van der Waals surface area contributed by atoms with Crippen molar-refractivity contribution in [3.05, 3.63) is 30.2 Å². The lowest BCUT2D eigenvalue weighted by Gasteiger charge is -1.99. The number of ether oxygens (including phenoxy) is 1. The lowest BCUT2D eigenvalue weighted by Crippen LogP contribution is -2.04. The number of rotatable bonds is 3. The van der Waals surface area contributed by atoms with E-state index < -0.39 is 0 Å². The first kappa shape index (κ1) is 10.6. The minimum absolute atomic E-state index is 0.258. The van der Waals surface area contributed by atoms with Crippen LogP contribution in [0.4, 0.5) is 0 Å². The van der Waals surface area contributed by atoms with Gasteiger partial charge < -0.3 is 15.0 Å². The highest BCUT2D eigenvalue weighted by Gasteiger charge is 2.11. The molecule has 0 aliphatic heterocycles. The highest BCUT2D eigenvalue weighted by Crippen LogP contribution is 2.22. The Morgan fingerprint density at radius 2 is 2.25 bits per heavy atom. The third-order valence-corrected chi connectivity index (χ3v) is 2.16. The van der Waals surface area contributed by atoms with Gasteiger partial charge in [0.2, 0.25) is 11.7 Å². The van der Waals surface area contributed by atoms with Crippen molar-refractivity contribution in [2.24, 2.45) is 5.73 Å². The number of nitrogens with zero attached hydrogens (tertiary/aromatic N) is 2. The van der Waals surface area contributed by atoms with Gasteiger partial charge in [-0.3, -0.25) is 0 Å². The summed E-state index contributed by atoms with van der Waals surface area (Å²) >= 11 is 0. The summed E-state index contributed by atoms with van der Waals surface area (Å²) in [5, 5.41) is 3.86. The molecule has 0 saturated carbocycles. The van der Waals surface area contributed by atoms with E-state index in [0.29, 0.717) is 11.7 Å². The predicted molar refractivity (Wildman–Crippen MR) is 58.9 cm³/mol. The van der Waals surface area contributed by atoms with Crippen LogP contribution in [0.1, 0.15) is 18.9 Å². The van der Waals surface area contributed by atoms with Crippen LogP contribution in [0.2, 0.25) is 0 Å². The summed E-state index contributed by atoms with van der Waals surface area (Å²) in [6.07, 6.45) is 0. The third-order valence-electron chi connectivity index (χ3n) is 2.16. The van der Waals surface area contributed by atoms with E-state index >= 15 is 0 Å². The SMILES string of the molecule is COc1cccc(-c2noc([C@@H](C)N)n2)c1. The van der Waals surface area contributed by atoms with Crippen molar-refractivity contribution in [2.45, 2.75) is 13.0 Å². The van der Waals surface area contributed by atoms with Crippen molar-refractivity contribution >= 4 is 0 Å². The molecule has 0 radical (unpaired) electrons. The minimum atomic E-state index is -0.258. The fourth-order valence-corrected chi connectivity index (χ4v) is 1.30. The molecule has 5 heteroatoms.